The number of nitriles is 1. The van der Waals surface area contributed by atoms with Crippen LogP contribution in [-0.4, -0.2) is 35.6 Å². The Balaban J connectivity index is 1.59. The van der Waals surface area contributed by atoms with Gasteiger partial charge in [0.05, 0.1) is 6.07 Å². The second kappa shape index (κ2) is 5.00. The number of rotatable bonds is 3. The van der Waals surface area contributed by atoms with Gasteiger partial charge in [-0.05, 0) is 56.4 Å². The summed E-state index contributed by atoms with van der Waals surface area (Å²) in [5, 5.41) is 13.2. The molecule has 20 heavy (non-hydrogen) atoms. The topological polar surface area (TPSA) is 39.1 Å². The first-order chi connectivity index (χ1) is 9.42. The third kappa shape index (κ3) is 2.87. The van der Waals surface area contributed by atoms with Gasteiger partial charge in [-0.25, -0.2) is 0 Å². The minimum absolute atomic E-state index is 0.217. The highest BCUT2D eigenvalue weighted by molar-refractivity contribution is 5.15. The first-order valence-corrected chi connectivity index (χ1v) is 8.35. The normalized spacial score (nSPS) is 39.1. The predicted molar refractivity (Wildman–Crippen MR) is 81.3 cm³/mol. The van der Waals surface area contributed by atoms with Gasteiger partial charge in [0, 0.05) is 18.6 Å². The van der Waals surface area contributed by atoms with E-state index in [2.05, 4.69) is 37.1 Å². The molecule has 0 amide bonds. The van der Waals surface area contributed by atoms with E-state index in [-0.39, 0.29) is 5.54 Å². The lowest BCUT2D eigenvalue weighted by atomic mass is 9.80. The van der Waals surface area contributed by atoms with Crippen molar-refractivity contribution in [2.24, 2.45) is 11.3 Å². The summed E-state index contributed by atoms with van der Waals surface area (Å²) in [4.78, 5) is 2.67. The minimum Gasteiger partial charge on any atom is -0.300 e. The van der Waals surface area contributed by atoms with Crippen molar-refractivity contribution in [3.05, 3.63) is 0 Å². The Morgan fingerprint density at radius 2 is 1.95 bits per heavy atom. The van der Waals surface area contributed by atoms with Gasteiger partial charge in [-0.3, -0.25) is 10.2 Å². The van der Waals surface area contributed by atoms with Crippen molar-refractivity contribution in [2.45, 2.75) is 76.9 Å². The van der Waals surface area contributed by atoms with E-state index in [4.69, 9.17) is 0 Å². The lowest BCUT2D eigenvalue weighted by Gasteiger charge is -2.30. The Morgan fingerprint density at radius 1 is 1.20 bits per heavy atom. The van der Waals surface area contributed by atoms with Gasteiger partial charge in [0.25, 0.3) is 0 Å². The molecule has 1 aliphatic heterocycles. The average Bonchev–Trinajstić information content (AvgIpc) is 2.92. The zero-order valence-corrected chi connectivity index (χ0v) is 13.3. The summed E-state index contributed by atoms with van der Waals surface area (Å²) < 4.78 is 0. The zero-order chi connectivity index (χ0) is 14.4. The molecule has 3 atom stereocenters. The maximum atomic E-state index is 9.60. The molecule has 3 nitrogen and oxygen atoms in total. The molecule has 0 radical (unpaired) electrons. The van der Waals surface area contributed by atoms with Gasteiger partial charge >= 0.3 is 0 Å². The van der Waals surface area contributed by atoms with Gasteiger partial charge in [-0.2, -0.15) is 5.26 Å². The summed E-state index contributed by atoms with van der Waals surface area (Å²) in [6, 6.07) is 3.87. The van der Waals surface area contributed by atoms with Crippen LogP contribution in [0.5, 0.6) is 0 Å². The number of nitrogens with zero attached hydrogens (tertiary/aromatic N) is 2. The lowest BCUT2D eigenvalue weighted by molar-refractivity contribution is 0.191. The lowest BCUT2D eigenvalue weighted by Crippen LogP contribution is -2.45. The van der Waals surface area contributed by atoms with Gasteiger partial charge in [-0.15, -0.1) is 0 Å². The molecule has 0 spiro atoms. The molecule has 112 valence electrons. The maximum Gasteiger partial charge on any atom is 0.108 e. The number of hydrogen-bond acceptors (Lipinski definition) is 3. The molecule has 3 rings (SSSR count). The van der Waals surface area contributed by atoms with E-state index in [0.29, 0.717) is 17.5 Å². The van der Waals surface area contributed by atoms with Crippen LogP contribution in [0.25, 0.3) is 0 Å². The molecular weight excluding hydrogens is 246 g/mol. The molecule has 1 heterocycles. The highest BCUT2D eigenvalue weighted by Gasteiger charge is 2.46. The van der Waals surface area contributed by atoms with E-state index >= 15 is 0 Å². The number of likely N-dealkylation sites (tertiary alicyclic amines) is 1. The van der Waals surface area contributed by atoms with E-state index in [1.165, 1.54) is 38.8 Å². The molecular formula is C17H29N3. The van der Waals surface area contributed by atoms with Crippen molar-refractivity contribution in [3.8, 4) is 6.07 Å². The average molecular weight is 275 g/mol. The summed E-state index contributed by atoms with van der Waals surface area (Å²) in [5.41, 5.74) is 0.206. The van der Waals surface area contributed by atoms with Gasteiger partial charge in [0.15, 0.2) is 0 Å². The Labute approximate surface area is 123 Å². The highest BCUT2D eigenvalue weighted by atomic mass is 15.2. The van der Waals surface area contributed by atoms with Crippen LogP contribution in [0.4, 0.5) is 0 Å². The maximum absolute atomic E-state index is 9.60. The highest BCUT2D eigenvalue weighted by Crippen LogP contribution is 2.40. The molecule has 2 aliphatic carbocycles. The largest absolute Gasteiger partial charge is 0.300 e. The molecule has 0 aromatic heterocycles. The van der Waals surface area contributed by atoms with Crippen LogP contribution in [0.15, 0.2) is 0 Å². The van der Waals surface area contributed by atoms with Crippen LogP contribution in [0, 0.1) is 22.7 Å². The molecule has 1 saturated heterocycles. The smallest absolute Gasteiger partial charge is 0.108 e. The summed E-state index contributed by atoms with van der Waals surface area (Å²) in [6.07, 6.45) is 7.14. The molecule has 2 saturated carbocycles. The van der Waals surface area contributed by atoms with Crippen LogP contribution in [-0.2, 0) is 0 Å². The zero-order valence-electron chi connectivity index (χ0n) is 13.3. The molecule has 0 bridgehead atoms. The monoisotopic (exact) mass is 275 g/mol. The summed E-state index contributed by atoms with van der Waals surface area (Å²) >= 11 is 0. The van der Waals surface area contributed by atoms with E-state index in [1.807, 2.05) is 0 Å². The second-order valence-corrected chi connectivity index (χ2v) is 8.36. The third-order valence-electron chi connectivity index (χ3n) is 5.72. The van der Waals surface area contributed by atoms with Crippen molar-refractivity contribution in [1.29, 1.82) is 5.26 Å². The Hall–Kier alpha value is -0.590. The number of hydrogen-bond donors (Lipinski definition) is 1. The fraction of sp³-hybridized carbons (Fsp3) is 0.941. The SMILES string of the molecule is CC(C)(C)C1CCN(C2CCC(C#N)(NC3CC3)C2)C1. The van der Waals surface area contributed by atoms with Crippen LogP contribution in [0.1, 0.15) is 59.3 Å². The first-order valence-electron chi connectivity index (χ1n) is 8.35. The Kier molecular flexibility index (Phi) is 3.59. The predicted octanol–water partition coefficient (Wildman–Crippen LogP) is 2.92. The van der Waals surface area contributed by atoms with Crippen molar-refractivity contribution in [2.75, 3.05) is 13.1 Å². The van der Waals surface area contributed by atoms with Gasteiger partial charge in [-0.1, -0.05) is 20.8 Å². The van der Waals surface area contributed by atoms with Crippen LogP contribution in [0.2, 0.25) is 0 Å². The quantitative estimate of drug-likeness (QED) is 0.861. The second-order valence-electron chi connectivity index (χ2n) is 8.36. The van der Waals surface area contributed by atoms with Crippen molar-refractivity contribution >= 4 is 0 Å². The van der Waals surface area contributed by atoms with E-state index in [9.17, 15) is 5.26 Å². The van der Waals surface area contributed by atoms with Crippen LogP contribution in [0.3, 0.4) is 0 Å². The van der Waals surface area contributed by atoms with E-state index in [1.54, 1.807) is 0 Å². The van der Waals surface area contributed by atoms with Gasteiger partial charge < -0.3 is 0 Å². The van der Waals surface area contributed by atoms with Gasteiger partial charge in [0.2, 0.25) is 0 Å². The number of nitrogens with one attached hydrogen (secondary N) is 1. The molecule has 0 aromatic rings. The standard InChI is InChI=1S/C17H29N3/c1-16(2,3)13-7-9-20(11-13)15-6-8-17(10-15,12-18)19-14-4-5-14/h13-15,19H,4-11H2,1-3H3. The summed E-state index contributed by atoms with van der Waals surface area (Å²) in [5.74, 6) is 0.816. The van der Waals surface area contributed by atoms with Crippen molar-refractivity contribution < 1.29 is 0 Å². The third-order valence-corrected chi connectivity index (χ3v) is 5.72. The molecule has 3 unspecified atom stereocenters. The van der Waals surface area contributed by atoms with E-state index in [0.717, 1.165) is 18.8 Å². The molecule has 3 fully saturated rings. The fourth-order valence-electron chi connectivity index (χ4n) is 4.04. The molecule has 3 aliphatic rings. The van der Waals surface area contributed by atoms with Crippen LogP contribution < -0.4 is 5.32 Å². The first kappa shape index (κ1) is 14.4. The van der Waals surface area contributed by atoms with Crippen molar-refractivity contribution in [1.82, 2.24) is 10.2 Å². The molecule has 1 N–H and O–H groups in total. The molecule has 0 aromatic carbocycles. The fourth-order valence-corrected chi connectivity index (χ4v) is 4.04. The van der Waals surface area contributed by atoms with E-state index < -0.39 is 0 Å². The van der Waals surface area contributed by atoms with Crippen LogP contribution >= 0.6 is 0 Å². The Morgan fingerprint density at radius 3 is 2.50 bits per heavy atom. The molecule has 3 heteroatoms. The van der Waals surface area contributed by atoms with Crippen molar-refractivity contribution in [3.63, 3.8) is 0 Å². The minimum atomic E-state index is -0.217. The van der Waals surface area contributed by atoms with Gasteiger partial charge in [0.1, 0.15) is 5.54 Å². The summed E-state index contributed by atoms with van der Waals surface area (Å²) in [7, 11) is 0. The Bertz CT molecular complexity index is 401. The summed E-state index contributed by atoms with van der Waals surface area (Å²) in [6.45, 7) is 9.56.